The third kappa shape index (κ3) is 4.67. The van der Waals surface area contributed by atoms with Crippen LogP contribution >= 0.6 is 0 Å². The summed E-state index contributed by atoms with van der Waals surface area (Å²) in [4.78, 5) is 11.1. The van der Waals surface area contributed by atoms with Gasteiger partial charge in [0.1, 0.15) is 11.4 Å². The minimum atomic E-state index is -4.61. The van der Waals surface area contributed by atoms with Crippen molar-refractivity contribution in [3.8, 4) is 5.75 Å². The van der Waals surface area contributed by atoms with Crippen LogP contribution in [0.15, 0.2) is 18.2 Å². The van der Waals surface area contributed by atoms with Gasteiger partial charge in [-0.25, -0.2) is 0 Å². The molecule has 0 N–H and O–H groups in total. The average molecular weight is 357 g/mol. The maximum Gasteiger partial charge on any atom is 0.419 e. The summed E-state index contributed by atoms with van der Waals surface area (Å²) in [6.07, 6.45) is 1.68. The molecule has 0 amide bonds. The predicted octanol–water partition coefficient (Wildman–Crippen LogP) is 4.59. The van der Waals surface area contributed by atoms with Gasteiger partial charge in [-0.1, -0.05) is 39.2 Å². The summed E-state index contributed by atoms with van der Waals surface area (Å²) in [7, 11) is 0. The zero-order valence-corrected chi connectivity index (χ0v) is 14.6. The van der Waals surface area contributed by atoms with Crippen LogP contribution in [0.5, 0.6) is 5.75 Å². The number of carboxylic acid groups (broad SMARTS) is 1. The van der Waals surface area contributed by atoms with E-state index >= 15 is 0 Å². The van der Waals surface area contributed by atoms with Gasteiger partial charge in [0.2, 0.25) is 0 Å². The first-order valence-corrected chi connectivity index (χ1v) is 8.77. The van der Waals surface area contributed by atoms with Crippen molar-refractivity contribution in [2.75, 3.05) is 0 Å². The van der Waals surface area contributed by atoms with Crippen molar-refractivity contribution >= 4 is 5.97 Å². The number of rotatable bonds is 4. The Kier molecular flexibility index (Phi) is 6.01. The van der Waals surface area contributed by atoms with Gasteiger partial charge in [0, 0.05) is 5.56 Å². The first kappa shape index (κ1) is 19.6. The minimum Gasteiger partial charge on any atom is -0.545 e. The molecule has 1 aromatic carbocycles. The van der Waals surface area contributed by atoms with Crippen LogP contribution in [0.1, 0.15) is 74.7 Å². The van der Waals surface area contributed by atoms with Gasteiger partial charge < -0.3 is 14.6 Å². The molecule has 6 heteroatoms. The van der Waals surface area contributed by atoms with Gasteiger partial charge in [-0.2, -0.15) is 13.2 Å². The molecule has 2 rings (SSSR count). The highest BCUT2D eigenvalue weighted by atomic mass is 19.4. The number of aromatic carboxylic acids is 1. The van der Waals surface area contributed by atoms with E-state index in [0.29, 0.717) is 12.8 Å². The van der Waals surface area contributed by atoms with Gasteiger partial charge in [-0.05, 0) is 43.7 Å². The molecule has 0 aliphatic heterocycles. The topological polar surface area (TPSA) is 49.4 Å². The van der Waals surface area contributed by atoms with Crippen LogP contribution in [0.2, 0.25) is 0 Å². The molecule has 0 bridgehead atoms. The van der Waals surface area contributed by atoms with E-state index < -0.39 is 29.1 Å². The molecule has 1 aliphatic carbocycles. The molecule has 1 saturated carbocycles. The number of halogens is 3. The quantitative estimate of drug-likeness (QED) is 0.792. The lowest BCUT2D eigenvalue weighted by molar-refractivity contribution is -0.255. The van der Waals surface area contributed by atoms with Crippen molar-refractivity contribution in [1.29, 1.82) is 0 Å². The Morgan fingerprint density at radius 2 is 1.68 bits per heavy atom. The van der Waals surface area contributed by atoms with Gasteiger partial charge in [0.25, 0.3) is 0 Å². The number of carboxylic acids is 1. The monoisotopic (exact) mass is 357 g/mol. The summed E-state index contributed by atoms with van der Waals surface area (Å²) in [6.45, 7) is 3.88. The van der Waals surface area contributed by atoms with Crippen molar-refractivity contribution in [3.63, 3.8) is 0 Å². The van der Waals surface area contributed by atoms with Gasteiger partial charge in [0.15, 0.2) is 0 Å². The Hall–Kier alpha value is -1.72. The average Bonchev–Trinajstić information content (AvgIpc) is 2.48. The molecular formula is C19H24F3O3-. The standard InChI is InChI=1S/C19H25F3O3/c1-13(2)18(10-6-4-3-5-7-11-18)25-16-12-14(17(23)24)8-9-15(16)19(20,21)22/h8-9,12-13H,3-7,10-11H2,1-2H3,(H,23,24)/p-1. The van der Waals surface area contributed by atoms with Crippen LogP contribution in [0.4, 0.5) is 13.2 Å². The van der Waals surface area contributed by atoms with Gasteiger partial charge >= 0.3 is 6.18 Å². The third-order valence-corrected chi connectivity index (χ3v) is 5.09. The normalized spacial score (nSPS) is 18.5. The molecule has 0 spiro atoms. The van der Waals surface area contributed by atoms with Crippen LogP contribution in [0, 0.1) is 5.92 Å². The summed E-state index contributed by atoms with van der Waals surface area (Å²) in [5.74, 6) is -1.92. The molecule has 140 valence electrons. The largest absolute Gasteiger partial charge is 0.545 e. The molecule has 0 radical (unpaired) electrons. The lowest BCUT2D eigenvalue weighted by Crippen LogP contribution is -2.42. The van der Waals surface area contributed by atoms with Gasteiger partial charge in [-0.15, -0.1) is 0 Å². The van der Waals surface area contributed by atoms with Crippen molar-refractivity contribution in [2.45, 2.75) is 70.6 Å². The predicted molar refractivity (Wildman–Crippen MR) is 86.3 cm³/mol. The summed E-state index contributed by atoms with van der Waals surface area (Å²) >= 11 is 0. The summed E-state index contributed by atoms with van der Waals surface area (Å²) in [6, 6.07) is 2.61. The Balaban J connectivity index is 2.46. The summed E-state index contributed by atoms with van der Waals surface area (Å²) < 4.78 is 46.1. The van der Waals surface area contributed by atoms with Crippen molar-refractivity contribution < 1.29 is 27.8 Å². The van der Waals surface area contributed by atoms with Crippen LogP contribution < -0.4 is 9.84 Å². The molecule has 1 aliphatic rings. The first-order valence-electron chi connectivity index (χ1n) is 8.77. The third-order valence-electron chi connectivity index (χ3n) is 5.09. The van der Waals surface area contributed by atoms with E-state index in [1.165, 1.54) is 0 Å². The molecule has 1 aromatic rings. The lowest BCUT2D eigenvalue weighted by atomic mass is 9.79. The fraction of sp³-hybridized carbons (Fsp3) is 0.632. The summed E-state index contributed by atoms with van der Waals surface area (Å²) in [5, 5.41) is 11.1. The molecule has 1 fully saturated rings. The number of carbonyl (C=O) groups is 1. The second kappa shape index (κ2) is 7.67. The highest BCUT2D eigenvalue weighted by molar-refractivity contribution is 5.86. The molecule has 0 atom stereocenters. The number of hydrogen-bond acceptors (Lipinski definition) is 3. The van der Waals surface area contributed by atoms with Crippen LogP contribution in [-0.4, -0.2) is 11.6 Å². The second-order valence-corrected chi connectivity index (χ2v) is 7.09. The molecule has 0 saturated heterocycles. The highest BCUT2D eigenvalue weighted by Gasteiger charge is 2.40. The Morgan fingerprint density at radius 3 is 2.16 bits per heavy atom. The lowest BCUT2D eigenvalue weighted by Gasteiger charge is -2.40. The zero-order valence-electron chi connectivity index (χ0n) is 14.6. The van der Waals surface area contributed by atoms with E-state index in [0.717, 1.165) is 50.3 Å². The fourth-order valence-electron chi connectivity index (χ4n) is 3.49. The van der Waals surface area contributed by atoms with E-state index in [-0.39, 0.29) is 11.5 Å². The van der Waals surface area contributed by atoms with E-state index in [2.05, 4.69) is 0 Å². The smallest absolute Gasteiger partial charge is 0.419 e. The second-order valence-electron chi connectivity index (χ2n) is 7.09. The summed E-state index contributed by atoms with van der Waals surface area (Å²) in [5.41, 5.74) is -1.97. The van der Waals surface area contributed by atoms with Crippen LogP contribution in [0.25, 0.3) is 0 Å². The van der Waals surface area contributed by atoms with E-state index in [1.54, 1.807) is 0 Å². The number of carbonyl (C=O) groups excluding carboxylic acids is 1. The molecule has 0 aromatic heterocycles. The van der Waals surface area contributed by atoms with Crippen molar-refractivity contribution in [3.05, 3.63) is 29.3 Å². The van der Waals surface area contributed by atoms with Crippen molar-refractivity contribution in [2.24, 2.45) is 5.92 Å². The van der Waals surface area contributed by atoms with E-state index in [4.69, 9.17) is 4.74 Å². The Bertz CT molecular complexity index is 600. The van der Waals surface area contributed by atoms with E-state index in [1.807, 2.05) is 13.8 Å². The molecule has 25 heavy (non-hydrogen) atoms. The number of benzene rings is 1. The molecule has 3 nitrogen and oxygen atoms in total. The Labute approximate surface area is 146 Å². The van der Waals surface area contributed by atoms with Gasteiger partial charge in [0.05, 0.1) is 11.5 Å². The maximum absolute atomic E-state index is 13.4. The van der Waals surface area contributed by atoms with Crippen molar-refractivity contribution in [1.82, 2.24) is 0 Å². The Morgan fingerprint density at radius 1 is 1.12 bits per heavy atom. The SMILES string of the molecule is CC(C)C1(Oc2cc(C(=O)[O-])ccc2C(F)(F)F)CCCCCCC1. The fourth-order valence-corrected chi connectivity index (χ4v) is 3.49. The maximum atomic E-state index is 13.4. The molecule has 0 unspecified atom stereocenters. The van der Waals surface area contributed by atoms with Crippen LogP contribution in [0.3, 0.4) is 0 Å². The number of alkyl halides is 3. The molecular weight excluding hydrogens is 333 g/mol. The number of hydrogen-bond donors (Lipinski definition) is 0. The highest BCUT2D eigenvalue weighted by Crippen LogP contribution is 2.42. The zero-order chi connectivity index (χ0) is 18.7. The first-order chi connectivity index (χ1) is 11.7. The molecule has 0 heterocycles. The van der Waals surface area contributed by atoms with Gasteiger partial charge in [-0.3, -0.25) is 0 Å². The van der Waals surface area contributed by atoms with E-state index in [9.17, 15) is 23.1 Å². The minimum absolute atomic E-state index is 0.0123. The number of ether oxygens (including phenoxy) is 1. The van der Waals surface area contributed by atoms with Crippen LogP contribution in [-0.2, 0) is 6.18 Å².